The zero-order valence-electron chi connectivity index (χ0n) is 10.2. The first-order valence-electron chi connectivity index (χ1n) is 6.03. The van der Waals surface area contributed by atoms with E-state index in [1.54, 1.807) is 6.26 Å². The molecule has 1 aliphatic rings. The Labute approximate surface area is 96.8 Å². The zero-order chi connectivity index (χ0) is 11.8. The molecule has 1 aromatic heterocycles. The second-order valence-electron chi connectivity index (χ2n) is 5.27. The third kappa shape index (κ3) is 1.89. The Morgan fingerprint density at radius 3 is 2.81 bits per heavy atom. The van der Waals surface area contributed by atoms with Gasteiger partial charge in [-0.05, 0) is 25.0 Å². The molecule has 1 fully saturated rings. The maximum absolute atomic E-state index is 9.70. The van der Waals surface area contributed by atoms with Crippen LogP contribution in [0.5, 0.6) is 0 Å². The Bertz CT molecular complexity index is 332. The third-order valence-corrected chi connectivity index (χ3v) is 3.91. The molecule has 0 saturated heterocycles. The number of aliphatic hydroxyl groups is 1. The second-order valence-corrected chi connectivity index (χ2v) is 5.27. The van der Waals surface area contributed by atoms with Crippen molar-refractivity contribution in [3.8, 4) is 0 Å². The molecule has 1 heterocycles. The molecule has 0 bridgehead atoms. The lowest BCUT2D eigenvalue weighted by Gasteiger charge is -2.50. The minimum Gasteiger partial charge on any atom is -0.468 e. The molecule has 90 valence electrons. The van der Waals surface area contributed by atoms with Crippen molar-refractivity contribution < 1.29 is 9.52 Å². The van der Waals surface area contributed by atoms with Crippen molar-refractivity contribution in [2.75, 3.05) is 0 Å². The smallest absolute Gasteiger partial charge is 0.120 e. The van der Waals surface area contributed by atoms with Gasteiger partial charge < -0.3 is 14.8 Å². The predicted octanol–water partition coefficient (Wildman–Crippen LogP) is 2.48. The summed E-state index contributed by atoms with van der Waals surface area (Å²) in [6.45, 7) is 6.35. The van der Waals surface area contributed by atoms with Gasteiger partial charge >= 0.3 is 0 Å². The van der Waals surface area contributed by atoms with Crippen molar-refractivity contribution in [3.63, 3.8) is 0 Å². The van der Waals surface area contributed by atoms with E-state index in [2.05, 4.69) is 26.1 Å². The fourth-order valence-corrected chi connectivity index (χ4v) is 2.32. The average molecular weight is 223 g/mol. The molecule has 1 aliphatic carbocycles. The Morgan fingerprint density at radius 1 is 1.62 bits per heavy atom. The molecule has 1 saturated carbocycles. The van der Waals surface area contributed by atoms with E-state index in [1.807, 2.05) is 12.1 Å². The highest BCUT2D eigenvalue weighted by Gasteiger charge is 2.47. The minimum atomic E-state index is -0.181. The largest absolute Gasteiger partial charge is 0.468 e. The maximum Gasteiger partial charge on any atom is 0.120 e. The Kier molecular flexibility index (Phi) is 3.08. The van der Waals surface area contributed by atoms with Crippen LogP contribution in [0.25, 0.3) is 0 Å². The van der Waals surface area contributed by atoms with E-state index in [4.69, 9.17) is 4.42 Å². The zero-order valence-corrected chi connectivity index (χ0v) is 10.2. The molecule has 3 heteroatoms. The van der Waals surface area contributed by atoms with Crippen LogP contribution in [0.15, 0.2) is 22.8 Å². The molecule has 0 aliphatic heterocycles. The molecule has 0 amide bonds. The SMILES string of the molecule is CCC(NC1CC(O)C1(C)C)c1ccco1. The van der Waals surface area contributed by atoms with Crippen molar-refractivity contribution in [3.05, 3.63) is 24.2 Å². The molecule has 0 aromatic carbocycles. The molecule has 1 aromatic rings. The molecule has 0 spiro atoms. The predicted molar refractivity (Wildman–Crippen MR) is 63.1 cm³/mol. The highest BCUT2D eigenvalue weighted by atomic mass is 16.3. The standard InChI is InChI=1S/C13H21NO2/c1-4-9(10-6-5-7-16-10)14-11-8-12(15)13(11,2)3/h5-7,9,11-12,14-15H,4,8H2,1-3H3. The van der Waals surface area contributed by atoms with Crippen LogP contribution in [0.1, 0.15) is 45.4 Å². The summed E-state index contributed by atoms with van der Waals surface area (Å²) >= 11 is 0. The van der Waals surface area contributed by atoms with E-state index in [0.29, 0.717) is 6.04 Å². The van der Waals surface area contributed by atoms with Crippen LogP contribution < -0.4 is 5.32 Å². The first-order valence-corrected chi connectivity index (χ1v) is 6.03. The topological polar surface area (TPSA) is 45.4 Å². The first kappa shape index (κ1) is 11.7. The van der Waals surface area contributed by atoms with Gasteiger partial charge in [0, 0.05) is 11.5 Å². The van der Waals surface area contributed by atoms with E-state index >= 15 is 0 Å². The number of furan rings is 1. The summed E-state index contributed by atoms with van der Waals surface area (Å²) in [5, 5.41) is 13.3. The van der Waals surface area contributed by atoms with Crippen molar-refractivity contribution in [1.29, 1.82) is 0 Å². The normalized spacial score (nSPS) is 29.8. The molecule has 3 unspecified atom stereocenters. The number of rotatable bonds is 4. The van der Waals surface area contributed by atoms with Gasteiger partial charge in [-0.15, -0.1) is 0 Å². The number of hydrogen-bond acceptors (Lipinski definition) is 3. The monoisotopic (exact) mass is 223 g/mol. The van der Waals surface area contributed by atoms with Crippen molar-refractivity contribution >= 4 is 0 Å². The van der Waals surface area contributed by atoms with Gasteiger partial charge in [0.25, 0.3) is 0 Å². The van der Waals surface area contributed by atoms with Crippen LogP contribution in [0, 0.1) is 5.41 Å². The third-order valence-electron chi connectivity index (χ3n) is 3.91. The van der Waals surface area contributed by atoms with E-state index in [1.165, 1.54) is 0 Å². The summed E-state index contributed by atoms with van der Waals surface area (Å²) in [4.78, 5) is 0. The average Bonchev–Trinajstić information content (AvgIpc) is 2.77. The Hall–Kier alpha value is -0.800. The number of nitrogens with one attached hydrogen (secondary N) is 1. The lowest BCUT2D eigenvalue weighted by molar-refractivity contribution is -0.0768. The van der Waals surface area contributed by atoms with Gasteiger partial charge in [-0.3, -0.25) is 0 Å². The van der Waals surface area contributed by atoms with Crippen LogP contribution in [0.3, 0.4) is 0 Å². The number of aliphatic hydroxyl groups excluding tert-OH is 1. The summed E-state index contributed by atoms with van der Waals surface area (Å²) in [6, 6.07) is 4.55. The summed E-state index contributed by atoms with van der Waals surface area (Å²) in [7, 11) is 0. The molecule has 3 atom stereocenters. The number of hydrogen-bond donors (Lipinski definition) is 2. The molecule has 16 heavy (non-hydrogen) atoms. The lowest BCUT2D eigenvalue weighted by Crippen LogP contribution is -2.60. The van der Waals surface area contributed by atoms with Gasteiger partial charge in [0.05, 0.1) is 18.4 Å². The van der Waals surface area contributed by atoms with Crippen molar-refractivity contribution in [2.45, 2.75) is 51.8 Å². The van der Waals surface area contributed by atoms with Crippen LogP contribution in [-0.4, -0.2) is 17.3 Å². The summed E-state index contributed by atoms with van der Waals surface area (Å²) < 4.78 is 5.43. The second kappa shape index (κ2) is 4.22. The Morgan fingerprint density at radius 2 is 2.38 bits per heavy atom. The van der Waals surface area contributed by atoms with E-state index in [-0.39, 0.29) is 17.6 Å². The fraction of sp³-hybridized carbons (Fsp3) is 0.692. The summed E-state index contributed by atoms with van der Waals surface area (Å²) in [5.41, 5.74) is -0.0278. The highest BCUT2D eigenvalue weighted by molar-refractivity contribution is 5.08. The molecular weight excluding hydrogens is 202 g/mol. The van der Waals surface area contributed by atoms with Gasteiger partial charge in [-0.25, -0.2) is 0 Å². The molecule has 0 radical (unpaired) electrons. The van der Waals surface area contributed by atoms with E-state index < -0.39 is 0 Å². The van der Waals surface area contributed by atoms with Gasteiger partial charge in [-0.1, -0.05) is 20.8 Å². The van der Waals surface area contributed by atoms with E-state index in [0.717, 1.165) is 18.6 Å². The first-order chi connectivity index (χ1) is 7.55. The minimum absolute atomic E-state index is 0.0278. The highest BCUT2D eigenvalue weighted by Crippen LogP contribution is 2.41. The lowest BCUT2D eigenvalue weighted by atomic mass is 9.64. The molecule has 2 rings (SSSR count). The molecule has 2 N–H and O–H groups in total. The van der Waals surface area contributed by atoms with Gasteiger partial charge in [0.15, 0.2) is 0 Å². The van der Waals surface area contributed by atoms with Crippen LogP contribution in [0.2, 0.25) is 0 Å². The van der Waals surface area contributed by atoms with Gasteiger partial charge in [0.2, 0.25) is 0 Å². The molecular formula is C13H21NO2. The van der Waals surface area contributed by atoms with Crippen LogP contribution >= 0.6 is 0 Å². The maximum atomic E-state index is 9.70. The van der Waals surface area contributed by atoms with Crippen molar-refractivity contribution in [1.82, 2.24) is 5.32 Å². The molecule has 3 nitrogen and oxygen atoms in total. The summed E-state index contributed by atoms with van der Waals surface area (Å²) in [5.74, 6) is 0.986. The Balaban J connectivity index is 1.99. The fourth-order valence-electron chi connectivity index (χ4n) is 2.32. The van der Waals surface area contributed by atoms with E-state index in [9.17, 15) is 5.11 Å². The summed E-state index contributed by atoms with van der Waals surface area (Å²) in [6.07, 6.45) is 3.36. The van der Waals surface area contributed by atoms with Crippen LogP contribution in [0.4, 0.5) is 0 Å². The van der Waals surface area contributed by atoms with Gasteiger partial charge in [0.1, 0.15) is 5.76 Å². The van der Waals surface area contributed by atoms with Crippen molar-refractivity contribution in [2.24, 2.45) is 5.41 Å². The van der Waals surface area contributed by atoms with Crippen LogP contribution in [-0.2, 0) is 0 Å². The quantitative estimate of drug-likeness (QED) is 0.824. The van der Waals surface area contributed by atoms with Gasteiger partial charge in [-0.2, -0.15) is 0 Å².